The van der Waals surface area contributed by atoms with E-state index < -0.39 is 0 Å². The summed E-state index contributed by atoms with van der Waals surface area (Å²) in [7, 11) is 0. The number of carbonyl (C=O) groups is 1. The van der Waals surface area contributed by atoms with Crippen LogP contribution in [0.3, 0.4) is 0 Å². The van der Waals surface area contributed by atoms with Crippen LogP contribution in [0.2, 0.25) is 0 Å². The third-order valence-corrected chi connectivity index (χ3v) is 2.14. The zero-order chi connectivity index (χ0) is 11.1. The summed E-state index contributed by atoms with van der Waals surface area (Å²) in [6.45, 7) is 10.3. The number of hydrazine groups is 1. The molecule has 0 bridgehead atoms. The molecule has 2 N–H and O–H groups in total. The van der Waals surface area contributed by atoms with E-state index in [-0.39, 0.29) is 11.9 Å². The van der Waals surface area contributed by atoms with E-state index >= 15 is 0 Å². The lowest BCUT2D eigenvalue weighted by atomic mass is 10.3. The predicted octanol–water partition coefficient (Wildman–Crippen LogP) is 0.829. The number of rotatable bonds is 6. The van der Waals surface area contributed by atoms with Crippen molar-refractivity contribution in [1.29, 1.82) is 0 Å². The number of nitrogens with zero attached hydrogens (tertiary/aromatic N) is 2. The Bertz CT molecular complexity index is 167. The normalized spacial score (nSPS) is 11.1. The molecule has 0 aromatic heterocycles. The molecular weight excluding hydrogens is 178 g/mol. The third kappa shape index (κ3) is 3.64. The second kappa shape index (κ2) is 6.79. The molecule has 0 atom stereocenters. The van der Waals surface area contributed by atoms with Gasteiger partial charge in [-0.3, -0.25) is 9.80 Å². The Balaban J connectivity index is 4.48. The predicted molar refractivity (Wildman–Crippen MR) is 58.6 cm³/mol. The van der Waals surface area contributed by atoms with Gasteiger partial charge in [0.05, 0.1) is 0 Å². The van der Waals surface area contributed by atoms with Gasteiger partial charge in [0.2, 0.25) is 5.91 Å². The lowest BCUT2D eigenvalue weighted by molar-refractivity contribution is -0.152. The molecule has 0 rings (SSSR count). The summed E-state index contributed by atoms with van der Waals surface area (Å²) >= 11 is 0. The fourth-order valence-electron chi connectivity index (χ4n) is 1.54. The van der Waals surface area contributed by atoms with E-state index in [2.05, 4.69) is 13.8 Å². The fourth-order valence-corrected chi connectivity index (χ4v) is 1.54. The third-order valence-electron chi connectivity index (χ3n) is 2.14. The number of carbonyl (C=O) groups excluding carboxylic acids is 1. The maximum Gasteiger partial charge on any atom is 0.238 e. The van der Waals surface area contributed by atoms with E-state index in [1.165, 1.54) is 0 Å². The average molecular weight is 201 g/mol. The zero-order valence-corrected chi connectivity index (χ0v) is 9.79. The first-order valence-electron chi connectivity index (χ1n) is 5.35. The topological polar surface area (TPSA) is 49.6 Å². The van der Waals surface area contributed by atoms with Crippen molar-refractivity contribution < 1.29 is 4.79 Å². The van der Waals surface area contributed by atoms with Gasteiger partial charge in [0.25, 0.3) is 0 Å². The van der Waals surface area contributed by atoms with E-state index in [0.29, 0.717) is 13.0 Å². The van der Waals surface area contributed by atoms with Crippen molar-refractivity contribution in [2.45, 2.75) is 40.2 Å². The molecule has 1 amide bonds. The lowest BCUT2D eigenvalue weighted by Gasteiger charge is -2.36. The first-order valence-corrected chi connectivity index (χ1v) is 5.35. The van der Waals surface area contributed by atoms with Gasteiger partial charge in [-0.25, -0.2) is 5.01 Å². The summed E-state index contributed by atoms with van der Waals surface area (Å²) in [4.78, 5) is 11.7. The van der Waals surface area contributed by atoms with Gasteiger partial charge in [-0.2, -0.15) is 0 Å². The van der Waals surface area contributed by atoms with E-state index in [1.54, 1.807) is 0 Å². The van der Waals surface area contributed by atoms with E-state index in [9.17, 15) is 4.79 Å². The number of nitrogens with two attached hydrogens (primary N) is 1. The molecule has 0 aromatic rings. The molecule has 0 aliphatic carbocycles. The average Bonchev–Trinajstić information content (AvgIpc) is 2.13. The highest BCUT2D eigenvalue weighted by Gasteiger charge is 2.20. The minimum Gasteiger partial charge on any atom is -0.330 e. The summed E-state index contributed by atoms with van der Waals surface area (Å²) in [5.41, 5.74) is 5.38. The second-order valence-electron chi connectivity index (χ2n) is 3.51. The van der Waals surface area contributed by atoms with Crippen molar-refractivity contribution >= 4 is 5.91 Å². The lowest BCUT2D eigenvalue weighted by Crippen LogP contribution is -2.50. The van der Waals surface area contributed by atoms with Crippen molar-refractivity contribution in [1.82, 2.24) is 10.0 Å². The Hall–Kier alpha value is -0.610. The first kappa shape index (κ1) is 13.4. The molecule has 4 nitrogen and oxygen atoms in total. The van der Waals surface area contributed by atoms with Gasteiger partial charge in [-0.15, -0.1) is 0 Å². The monoisotopic (exact) mass is 201 g/mol. The molecule has 0 saturated heterocycles. The number of hydrogen-bond acceptors (Lipinski definition) is 3. The zero-order valence-electron chi connectivity index (χ0n) is 9.79. The summed E-state index contributed by atoms with van der Waals surface area (Å²) in [5, 5.41) is 3.86. The molecule has 0 aliphatic heterocycles. The molecule has 0 aliphatic rings. The van der Waals surface area contributed by atoms with E-state index in [4.69, 9.17) is 5.73 Å². The van der Waals surface area contributed by atoms with Crippen LogP contribution >= 0.6 is 0 Å². The molecule has 0 fully saturated rings. The van der Waals surface area contributed by atoms with Crippen LogP contribution in [-0.2, 0) is 4.79 Å². The maximum atomic E-state index is 11.7. The van der Waals surface area contributed by atoms with E-state index in [0.717, 1.165) is 13.1 Å². The van der Waals surface area contributed by atoms with Gasteiger partial charge in [0.15, 0.2) is 0 Å². The van der Waals surface area contributed by atoms with Crippen LogP contribution < -0.4 is 5.73 Å². The molecule has 0 heterocycles. The molecule has 14 heavy (non-hydrogen) atoms. The van der Waals surface area contributed by atoms with Crippen LogP contribution in [0.4, 0.5) is 0 Å². The van der Waals surface area contributed by atoms with Crippen molar-refractivity contribution in [2.24, 2.45) is 5.73 Å². The Morgan fingerprint density at radius 3 is 2.07 bits per heavy atom. The van der Waals surface area contributed by atoms with Crippen molar-refractivity contribution in [2.75, 3.05) is 19.6 Å². The fraction of sp³-hybridized carbons (Fsp3) is 0.900. The van der Waals surface area contributed by atoms with Crippen LogP contribution in [0.25, 0.3) is 0 Å². The van der Waals surface area contributed by atoms with Gasteiger partial charge < -0.3 is 5.73 Å². The summed E-state index contributed by atoms with van der Waals surface area (Å²) in [5.74, 6) is 0.117. The van der Waals surface area contributed by atoms with Crippen molar-refractivity contribution in [3.63, 3.8) is 0 Å². The highest BCUT2D eigenvalue weighted by Crippen LogP contribution is 2.06. The van der Waals surface area contributed by atoms with Crippen molar-refractivity contribution in [3.8, 4) is 0 Å². The molecule has 0 aromatic carbocycles. The minimum absolute atomic E-state index is 0.117. The standard InChI is InChI=1S/C10H23N3O/c1-5-12(6-2)13(9(3)4)10(14)7-8-11/h9H,5-8,11H2,1-4H3. The molecule has 0 saturated carbocycles. The van der Waals surface area contributed by atoms with Crippen LogP contribution in [0, 0.1) is 0 Å². The van der Waals surface area contributed by atoms with Crippen LogP contribution in [0.5, 0.6) is 0 Å². The molecular formula is C10H23N3O. The summed E-state index contributed by atoms with van der Waals surface area (Å²) < 4.78 is 0. The first-order chi connectivity index (χ1) is 6.58. The van der Waals surface area contributed by atoms with Crippen LogP contribution in [0.15, 0.2) is 0 Å². The molecule has 4 heteroatoms. The smallest absolute Gasteiger partial charge is 0.238 e. The number of hydrogen-bond donors (Lipinski definition) is 1. The maximum absolute atomic E-state index is 11.7. The van der Waals surface area contributed by atoms with Crippen LogP contribution in [0.1, 0.15) is 34.1 Å². The quantitative estimate of drug-likeness (QED) is 0.648. The number of amides is 1. The van der Waals surface area contributed by atoms with Crippen LogP contribution in [-0.4, -0.2) is 41.6 Å². The Labute approximate surface area is 87.0 Å². The largest absolute Gasteiger partial charge is 0.330 e. The Morgan fingerprint density at radius 1 is 1.29 bits per heavy atom. The van der Waals surface area contributed by atoms with Gasteiger partial charge in [0.1, 0.15) is 0 Å². The molecule has 84 valence electrons. The highest BCUT2D eigenvalue weighted by molar-refractivity contribution is 5.76. The molecule has 0 radical (unpaired) electrons. The second-order valence-corrected chi connectivity index (χ2v) is 3.51. The summed E-state index contributed by atoms with van der Waals surface area (Å²) in [6.07, 6.45) is 0.425. The highest BCUT2D eigenvalue weighted by atomic mass is 16.2. The Kier molecular flexibility index (Phi) is 6.49. The van der Waals surface area contributed by atoms with Crippen molar-refractivity contribution in [3.05, 3.63) is 0 Å². The van der Waals surface area contributed by atoms with Gasteiger partial charge >= 0.3 is 0 Å². The molecule has 0 unspecified atom stereocenters. The summed E-state index contributed by atoms with van der Waals surface area (Å²) in [6, 6.07) is 0.203. The Morgan fingerprint density at radius 2 is 1.79 bits per heavy atom. The van der Waals surface area contributed by atoms with E-state index in [1.807, 2.05) is 23.9 Å². The minimum atomic E-state index is 0.117. The van der Waals surface area contributed by atoms with Gasteiger partial charge in [-0.1, -0.05) is 13.8 Å². The van der Waals surface area contributed by atoms with Gasteiger partial charge in [0, 0.05) is 32.1 Å². The SMILES string of the molecule is CCN(CC)N(C(=O)CCN)C(C)C. The molecule has 0 spiro atoms. The van der Waals surface area contributed by atoms with Gasteiger partial charge in [-0.05, 0) is 13.8 Å².